The first kappa shape index (κ1) is 7.45. The van der Waals surface area contributed by atoms with Gasteiger partial charge in [0.15, 0.2) is 0 Å². The molecule has 1 saturated carbocycles. The predicted molar refractivity (Wildman–Crippen MR) is 48.0 cm³/mol. The number of hydrogen-bond acceptors (Lipinski definition) is 0. The average Bonchev–Trinajstić information content (AvgIpc) is 2.70. The van der Waals surface area contributed by atoms with Crippen molar-refractivity contribution in [2.75, 3.05) is 0 Å². The minimum atomic E-state index is 0.708. The second-order valence-electron chi connectivity index (χ2n) is 2.73. The molecule has 0 spiro atoms. The van der Waals surface area contributed by atoms with Crippen LogP contribution in [-0.4, -0.2) is 0 Å². The van der Waals surface area contributed by atoms with Crippen molar-refractivity contribution in [3.05, 3.63) is 39.7 Å². The molecule has 0 nitrogen and oxygen atoms in total. The van der Waals surface area contributed by atoms with Gasteiger partial charge in [0.1, 0.15) is 0 Å². The first-order chi connectivity index (χ1) is 5.27. The zero-order chi connectivity index (χ0) is 7.84. The molecule has 57 valence electrons. The highest BCUT2D eigenvalue weighted by Gasteiger charge is 2.26. The van der Waals surface area contributed by atoms with Gasteiger partial charge in [0.05, 0.1) is 0 Å². The Bertz CT molecular complexity index is 277. The van der Waals surface area contributed by atoms with E-state index >= 15 is 0 Å². The average molecular weight is 186 g/mol. The van der Waals surface area contributed by atoms with Crippen molar-refractivity contribution in [1.82, 2.24) is 0 Å². The monoisotopic (exact) mass is 185 g/mol. The molecule has 0 aliphatic heterocycles. The molecule has 2 heteroatoms. The van der Waals surface area contributed by atoms with Crippen LogP contribution in [0.2, 0.25) is 10.0 Å². The highest BCUT2D eigenvalue weighted by atomic mass is 35.5. The lowest BCUT2D eigenvalue weighted by Crippen LogP contribution is -1.80. The quantitative estimate of drug-likeness (QED) is 0.627. The second-order valence-corrected chi connectivity index (χ2v) is 3.57. The summed E-state index contributed by atoms with van der Waals surface area (Å²) in [5.74, 6) is 1.45. The van der Waals surface area contributed by atoms with E-state index in [0.29, 0.717) is 5.02 Å². The molecule has 0 atom stereocenters. The van der Waals surface area contributed by atoms with Crippen LogP contribution in [0.4, 0.5) is 0 Å². The van der Waals surface area contributed by atoms with Crippen LogP contribution in [0.1, 0.15) is 18.4 Å². The molecule has 11 heavy (non-hydrogen) atoms. The lowest BCUT2D eigenvalue weighted by atomic mass is 10.1. The predicted octanol–water partition coefficient (Wildman–Crippen LogP) is 3.71. The largest absolute Gasteiger partial charge is 0.0843 e. The lowest BCUT2D eigenvalue weighted by Gasteiger charge is -2.00. The molecule has 0 amide bonds. The van der Waals surface area contributed by atoms with Gasteiger partial charge >= 0.3 is 0 Å². The maximum absolute atomic E-state index is 5.96. The van der Waals surface area contributed by atoms with E-state index < -0.39 is 0 Å². The molecule has 0 unspecified atom stereocenters. The maximum atomic E-state index is 5.96. The summed E-state index contributed by atoms with van der Waals surface area (Å²) in [6.45, 7) is 0. The molecule has 1 aliphatic rings. The fourth-order valence-corrected chi connectivity index (χ4v) is 1.65. The van der Waals surface area contributed by atoms with Crippen LogP contribution >= 0.6 is 23.2 Å². The van der Waals surface area contributed by atoms with Gasteiger partial charge in [-0.25, -0.2) is 0 Å². The Balaban J connectivity index is 2.39. The smallest absolute Gasteiger partial charge is 0.0458 e. The van der Waals surface area contributed by atoms with E-state index in [1.165, 1.54) is 24.3 Å². The standard InChI is InChI=1S/C9H7Cl2/c10-7-3-4-8(6-1-2-6)9(11)5-7/h3-5H,1-2H2. The van der Waals surface area contributed by atoms with Gasteiger partial charge in [-0.1, -0.05) is 29.3 Å². The SMILES string of the molecule is Clc1ccc([C]2CC2)c(Cl)c1. The molecule has 1 aromatic carbocycles. The van der Waals surface area contributed by atoms with Gasteiger partial charge in [0.2, 0.25) is 0 Å². The number of halogens is 2. The number of benzene rings is 1. The van der Waals surface area contributed by atoms with Crippen LogP contribution in [-0.2, 0) is 0 Å². The second kappa shape index (κ2) is 2.69. The van der Waals surface area contributed by atoms with Crippen LogP contribution in [0.3, 0.4) is 0 Å². The van der Waals surface area contributed by atoms with Crippen molar-refractivity contribution in [1.29, 1.82) is 0 Å². The maximum Gasteiger partial charge on any atom is 0.0458 e. The molecule has 2 rings (SSSR count). The fourth-order valence-electron chi connectivity index (χ4n) is 1.11. The summed E-state index contributed by atoms with van der Waals surface area (Å²) in [6.07, 6.45) is 2.39. The summed E-state index contributed by atoms with van der Waals surface area (Å²) in [4.78, 5) is 0. The molecule has 1 fully saturated rings. The van der Waals surface area contributed by atoms with E-state index in [4.69, 9.17) is 23.2 Å². The molecular weight excluding hydrogens is 179 g/mol. The Hall–Kier alpha value is -0.200. The summed E-state index contributed by atoms with van der Waals surface area (Å²) in [5.41, 5.74) is 1.18. The van der Waals surface area contributed by atoms with E-state index in [0.717, 1.165) is 5.02 Å². The van der Waals surface area contributed by atoms with Crippen molar-refractivity contribution >= 4 is 23.2 Å². The Morgan fingerprint density at radius 1 is 1.09 bits per heavy atom. The highest BCUT2D eigenvalue weighted by Crippen LogP contribution is 2.42. The Labute approximate surface area is 76.1 Å². The van der Waals surface area contributed by atoms with Crippen LogP contribution < -0.4 is 0 Å². The minimum absolute atomic E-state index is 0.708. The van der Waals surface area contributed by atoms with E-state index in [-0.39, 0.29) is 0 Å². The molecule has 0 saturated heterocycles. The summed E-state index contributed by atoms with van der Waals surface area (Å²) in [6, 6.07) is 5.67. The van der Waals surface area contributed by atoms with Gasteiger partial charge in [0, 0.05) is 16.0 Å². The Morgan fingerprint density at radius 3 is 2.36 bits per heavy atom. The highest BCUT2D eigenvalue weighted by molar-refractivity contribution is 6.35. The third kappa shape index (κ3) is 1.52. The van der Waals surface area contributed by atoms with Gasteiger partial charge in [-0.3, -0.25) is 0 Å². The molecular formula is C9H7Cl2. The first-order valence-corrected chi connectivity index (χ1v) is 4.33. The van der Waals surface area contributed by atoms with Gasteiger partial charge in [-0.05, 0) is 30.5 Å². The summed E-state index contributed by atoms with van der Waals surface area (Å²) < 4.78 is 0. The zero-order valence-corrected chi connectivity index (χ0v) is 7.41. The van der Waals surface area contributed by atoms with Crippen molar-refractivity contribution in [2.24, 2.45) is 0 Å². The van der Waals surface area contributed by atoms with Crippen LogP contribution in [0.25, 0.3) is 0 Å². The molecule has 1 aromatic rings. The van der Waals surface area contributed by atoms with Crippen LogP contribution in [0, 0.1) is 5.92 Å². The van der Waals surface area contributed by atoms with Gasteiger partial charge in [-0.15, -0.1) is 0 Å². The van der Waals surface area contributed by atoms with Crippen LogP contribution in [0.15, 0.2) is 18.2 Å². The lowest BCUT2D eigenvalue weighted by molar-refractivity contribution is 1.41. The molecule has 0 N–H and O–H groups in total. The third-order valence-corrected chi connectivity index (χ3v) is 2.36. The third-order valence-electron chi connectivity index (χ3n) is 1.81. The van der Waals surface area contributed by atoms with Gasteiger partial charge in [-0.2, -0.15) is 0 Å². The molecule has 1 aliphatic carbocycles. The first-order valence-electron chi connectivity index (χ1n) is 3.57. The zero-order valence-electron chi connectivity index (χ0n) is 5.90. The summed E-state index contributed by atoms with van der Waals surface area (Å²) in [5, 5.41) is 1.49. The molecule has 0 aromatic heterocycles. The number of rotatable bonds is 1. The normalized spacial score (nSPS) is 16.9. The fraction of sp³-hybridized carbons (Fsp3) is 0.222. The van der Waals surface area contributed by atoms with E-state index in [1.54, 1.807) is 6.07 Å². The Morgan fingerprint density at radius 2 is 1.82 bits per heavy atom. The number of hydrogen-bond donors (Lipinski definition) is 0. The van der Waals surface area contributed by atoms with Gasteiger partial charge in [0.25, 0.3) is 0 Å². The van der Waals surface area contributed by atoms with E-state index in [1.807, 2.05) is 12.1 Å². The van der Waals surface area contributed by atoms with Crippen molar-refractivity contribution in [3.8, 4) is 0 Å². The minimum Gasteiger partial charge on any atom is -0.0843 e. The van der Waals surface area contributed by atoms with Crippen molar-refractivity contribution in [3.63, 3.8) is 0 Å². The Kier molecular flexibility index (Phi) is 1.82. The summed E-state index contributed by atoms with van der Waals surface area (Å²) in [7, 11) is 0. The molecule has 0 heterocycles. The van der Waals surface area contributed by atoms with Gasteiger partial charge < -0.3 is 0 Å². The topological polar surface area (TPSA) is 0 Å². The molecule has 1 radical (unpaired) electrons. The molecule has 0 bridgehead atoms. The van der Waals surface area contributed by atoms with Crippen molar-refractivity contribution in [2.45, 2.75) is 12.8 Å². The summed E-state index contributed by atoms with van der Waals surface area (Å²) >= 11 is 11.7. The van der Waals surface area contributed by atoms with Crippen molar-refractivity contribution < 1.29 is 0 Å². The van der Waals surface area contributed by atoms with Crippen LogP contribution in [0.5, 0.6) is 0 Å². The van der Waals surface area contributed by atoms with E-state index in [9.17, 15) is 0 Å². The van der Waals surface area contributed by atoms with E-state index in [2.05, 4.69) is 0 Å².